The van der Waals surface area contributed by atoms with Gasteiger partial charge in [0.05, 0.1) is 5.56 Å². The fourth-order valence-electron chi connectivity index (χ4n) is 2.99. The van der Waals surface area contributed by atoms with E-state index in [1.54, 1.807) is 42.5 Å². The van der Waals surface area contributed by atoms with Crippen LogP contribution in [0.3, 0.4) is 0 Å². The molecule has 1 aliphatic heterocycles. The maximum absolute atomic E-state index is 13.1. The van der Waals surface area contributed by atoms with Crippen LogP contribution in [0, 0.1) is 5.82 Å². The lowest BCUT2D eigenvalue weighted by molar-refractivity contribution is -0.130. The molecule has 3 aromatic carbocycles. The maximum atomic E-state index is 13.1. The fraction of sp³-hybridized carbons (Fsp3) is 0.130. The van der Waals surface area contributed by atoms with Gasteiger partial charge in [-0.1, -0.05) is 36.4 Å². The van der Waals surface area contributed by atoms with Gasteiger partial charge in [-0.25, -0.2) is 9.18 Å². The Labute approximate surface area is 172 Å². The average Bonchev–Trinajstić information content (AvgIpc) is 3.24. The molecule has 0 radical (unpaired) electrons. The topological polar surface area (TPSA) is 73.9 Å². The molecule has 1 aliphatic rings. The van der Waals surface area contributed by atoms with Crippen molar-refractivity contribution in [2.24, 2.45) is 0 Å². The summed E-state index contributed by atoms with van der Waals surface area (Å²) in [5, 5.41) is 2.78. The number of esters is 1. The van der Waals surface area contributed by atoms with Gasteiger partial charge in [0.15, 0.2) is 11.5 Å². The monoisotopic (exact) mass is 407 g/mol. The Morgan fingerprint density at radius 1 is 0.967 bits per heavy atom. The summed E-state index contributed by atoms with van der Waals surface area (Å²) in [6, 6.07) is 19.0. The molecule has 0 aromatic heterocycles. The van der Waals surface area contributed by atoms with E-state index < -0.39 is 23.8 Å². The molecule has 0 saturated carbocycles. The van der Waals surface area contributed by atoms with Gasteiger partial charge in [-0.05, 0) is 42.0 Å². The lowest BCUT2D eigenvalue weighted by atomic mass is 10.1. The van der Waals surface area contributed by atoms with Crippen molar-refractivity contribution in [1.82, 2.24) is 5.32 Å². The van der Waals surface area contributed by atoms with E-state index in [1.165, 1.54) is 12.1 Å². The zero-order valence-electron chi connectivity index (χ0n) is 15.8. The van der Waals surface area contributed by atoms with Crippen molar-refractivity contribution >= 4 is 11.9 Å². The first-order valence-electron chi connectivity index (χ1n) is 9.28. The smallest absolute Gasteiger partial charge is 0.339 e. The summed E-state index contributed by atoms with van der Waals surface area (Å²) in [6.45, 7) is 0.382. The molecule has 1 N–H and O–H groups in total. The molecular formula is C23H18FNO5. The fourth-order valence-corrected chi connectivity index (χ4v) is 2.99. The van der Waals surface area contributed by atoms with Crippen molar-refractivity contribution in [2.75, 3.05) is 6.79 Å². The Bertz CT molecular complexity index is 1050. The minimum absolute atomic E-state index is 0.154. The van der Waals surface area contributed by atoms with Crippen molar-refractivity contribution in [2.45, 2.75) is 12.6 Å². The third kappa shape index (κ3) is 4.41. The minimum atomic E-state index is -1.15. The summed E-state index contributed by atoms with van der Waals surface area (Å²) >= 11 is 0. The number of carbonyl (C=O) groups is 2. The molecule has 1 amide bonds. The molecule has 152 valence electrons. The van der Waals surface area contributed by atoms with Crippen molar-refractivity contribution in [3.05, 3.63) is 95.3 Å². The van der Waals surface area contributed by atoms with Crippen LogP contribution in [0.1, 0.15) is 27.6 Å². The van der Waals surface area contributed by atoms with Crippen molar-refractivity contribution in [1.29, 1.82) is 0 Å². The Morgan fingerprint density at radius 2 is 1.70 bits per heavy atom. The molecule has 0 aliphatic carbocycles. The SMILES string of the molecule is O=C(OC(C(=O)NCc1ccc2c(c1)OCO2)c1ccccc1)c1ccc(F)cc1. The third-order valence-electron chi connectivity index (χ3n) is 4.55. The summed E-state index contributed by atoms with van der Waals surface area (Å²) in [5.41, 5.74) is 1.49. The molecule has 30 heavy (non-hydrogen) atoms. The third-order valence-corrected chi connectivity index (χ3v) is 4.55. The van der Waals surface area contributed by atoms with Gasteiger partial charge in [-0.3, -0.25) is 4.79 Å². The Kier molecular flexibility index (Phi) is 5.61. The molecule has 3 aromatic rings. The highest BCUT2D eigenvalue weighted by molar-refractivity contribution is 5.92. The molecule has 1 heterocycles. The Morgan fingerprint density at radius 3 is 2.47 bits per heavy atom. The first-order valence-corrected chi connectivity index (χ1v) is 9.28. The molecule has 4 rings (SSSR count). The second-order valence-electron chi connectivity index (χ2n) is 6.61. The van der Waals surface area contributed by atoms with Crippen LogP contribution in [0.4, 0.5) is 4.39 Å². The number of ether oxygens (including phenoxy) is 3. The van der Waals surface area contributed by atoms with Gasteiger partial charge in [0, 0.05) is 12.1 Å². The highest BCUT2D eigenvalue weighted by atomic mass is 19.1. The summed E-state index contributed by atoms with van der Waals surface area (Å²) in [7, 11) is 0. The van der Waals surface area contributed by atoms with E-state index in [-0.39, 0.29) is 18.9 Å². The van der Waals surface area contributed by atoms with Gasteiger partial charge >= 0.3 is 5.97 Å². The molecule has 1 unspecified atom stereocenters. The van der Waals surface area contributed by atoms with E-state index in [0.29, 0.717) is 17.1 Å². The zero-order chi connectivity index (χ0) is 20.9. The number of nitrogens with one attached hydrogen (secondary N) is 1. The zero-order valence-corrected chi connectivity index (χ0v) is 15.8. The number of halogens is 1. The van der Waals surface area contributed by atoms with Gasteiger partial charge in [0.1, 0.15) is 5.82 Å². The molecule has 0 saturated heterocycles. The molecule has 0 fully saturated rings. The highest BCUT2D eigenvalue weighted by Crippen LogP contribution is 2.32. The molecule has 0 bridgehead atoms. The summed E-state index contributed by atoms with van der Waals surface area (Å²) in [6.07, 6.45) is -1.15. The lowest BCUT2D eigenvalue weighted by Gasteiger charge is -2.18. The van der Waals surface area contributed by atoms with Gasteiger partial charge in [0.25, 0.3) is 5.91 Å². The van der Waals surface area contributed by atoms with Gasteiger partial charge < -0.3 is 19.5 Å². The summed E-state index contributed by atoms with van der Waals surface area (Å²) in [4.78, 5) is 25.4. The largest absolute Gasteiger partial charge is 0.454 e. The van der Waals surface area contributed by atoms with Crippen LogP contribution in [0.5, 0.6) is 11.5 Å². The number of hydrogen-bond donors (Lipinski definition) is 1. The number of benzene rings is 3. The van der Waals surface area contributed by atoms with Crippen LogP contribution < -0.4 is 14.8 Å². The molecule has 7 heteroatoms. The van der Waals surface area contributed by atoms with Gasteiger partial charge in [-0.2, -0.15) is 0 Å². The van der Waals surface area contributed by atoms with Gasteiger partial charge in [0.2, 0.25) is 12.9 Å². The lowest BCUT2D eigenvalue weighted by Crippen LogP contribution is -2.31. The number of amides is 1. The maximum Gasteiger partial charge on any atom is 0.339 e. The second kappa shape index (κ2) is 8.65. The van der Waals surface area contributed by atoms with Crippen LogP contribution >= 0.6 is 0 Å². The van der Waals surface area contributed by atoms with Crippen LogP contribution in [-0.4, -0.2) is 18.7 Å². The number of carbonyl (C=O) groups excluding carboxylic acids is 2. The van der Waals surface area contributed by atoms with Crippen LogP contribution in [-0.2, 0) is 16.1 Å². The summed E-state index contributed by atoms with van der Waals surface area (Å²) < 4.78 is 29.2. The van der Waals surface area contributed by atoms with Crippen molar-refractivity contribution < 1.29 is 28.2 Å². The van der Waals surface area contributed by atoms with E-state index in [2.05, 4.69) is 5.32 Å². The van der Waals surface area contributed by atoms with Crippen LogP contribution in [0.2, 0.25) is 0 Å². The normalized spacial score (nSPS) is 12.8. The minimum Gasteiger partial charge on any atom is -0.454 e. The molecule has 0 spiro atoms. The number of rotatable bonds is 6. The van der Waals surface area contributed by atoms with Crippen LogP contribution in [0.25, 0.3) is 0 Å². The van der Waals surface area contributed by atoms with E-state index in [9.17, 15) is 14.0 Å². The predicted octanol–water partition coefficient (Wildman–Crippen LogP) is 3.77. The van der Waals surface area contributed by atoms with E-state index >= 15 is 0 Å². The Hall–Kier alpha value is -3.87. The van der Waals surface area contributed by atoms with Crippen molar-refractivity contribution in [3.63, 3.8) is 0 Å². The predicted molar refractivity (Wildman–Crippen MR) is 105 cm³/mol. The Balaban J connectivity index is 1.48. The number of hydrogen-bond acceptors (Lipinski definition) is 5. The summed E-state index contributed by atoms with van der Waals surface area (Å²) in [5.74, 6) is -0.395. The average molecular weight is 407 g/mol. The molecule has 6 nitrogen and oxygen atoms in total. The molecule has 1 atom stereocenters. The van der Waals surface area contributed by atoms with Gasteiger partial charge in [-0.15, -0.1) is 0 Å². The second-order valence-corrected chi connectivity index (χ2v) is 6.61. The number of fused-ring (bicyclic) bond motifs is 1. The van der Waals surface area contributed by atoms with E-state index in [0.717, 1.165) is 17.7 Å². The van der Waals surface area contributed by atoms with Crippen molar-refractivity contribution in [3.8, 4) is 11.5 Å². The first-order chi connectivity index (χ1) is 14.6. The highest BCUT2D eigenvalue weighted by Gasteiger charge is 2.25. The van der Waals surface area contributed by atoms with E-state index in [1.807, 2.05) is 6.07 Å². The van der Waals surface area contributed by atoms with Crippen LogP contribution in [0.15, 0.2) is 72.8 Å². The quantitative estimate of drug-likeness (QED) is 0.630. The first kappa shape index (κ1) is 19.4. The standard InChI is InChI=1S/C23H18FNO5/c24-18-9-7-17(8-10-18)23(27)30-21(16-4-2-1-3-5-16)22(26)25-13-15-6-11-19-20(12-15)29-14-28-19/h1-12,21H,13-14H2,(H,25,26). The molecular weight excluding hydrogens is 389 g/mol. The van der Waals surface area contributed by atoms with E-state index in [4.69, 9.17) is 14.2 Å².